The number of methoxy groups -OCH3 is 2. The standard InChI is InChI=1S/C25H28N2O5/c1-5-23(28)27-10-9-15-13-21(30-3)22(31-4)14-18(15)24(27)19-12-16-11-17(32-6-2)7-8-20(16)26-25(19)29/h7-8,11-14,24H,5-6,9-10H2,1-4H3,(H,26,29)/t24-/m0/s1. The number of rotatable bonds is 6. The van der Waals surface area contributed by atoms with Crippen LogP contribution in [0.15, 0.2) is 41.2 Å². The van der Waals surface area contributed by atoms with E-state index in [-0.39, 0.29) is 11.5 Å². The van der Waals surface area contributed by atoms with E-state index in [1.165, 1.54) is 0 Å². The molecule has 0 fully saturated rings. The lowest BCUT2D eigenvalue weighted by Gasteiger charge is -2.37. The van der Waals surface area contributed by atoms with Crippen LogP contribution in [-0.2, 0) is 11.2 Å². The van der Waals surface area contributed by atoms with Crippen molar-refractivity contribution in [1.82, 2.24) is 9.88 Å². The van der Waals surface area contributed by atoms with Crippen molar-refractivity contribution in [2.75, 3.05) is 27.4 Å². The third kappa shape index (κ3) is 3.79. The van der Waals surface area contributed by atoms with Crippen molar-refractivity contribution in [1.29, 1.82) is 0 Å². The molecule has 0 radical (unpaired) electrons. The Labute approximate surface area is 186 Å². The van der Waals surface area contributed by atoms with Crippen molar-refractivity contribution in [3.8, 4) is 17.2 Å². The zero-order valence-corrected chi connectivity index (χ0v) is 18.9. The van der Waals surface area contributed by atoms with Crippen LogP contribution < -0.4 is 19.8 Å². The van der Waals surface area contributed by atoms with Gasteiger partial charge in [-0.05, 0) is 60.9 Å². The monoisotopic (exact) mass is 436 g/mol. The second kappa shape index (κ2) is 8.94. The Morgan fingerprint density at radius 1 is 1.06 bits per heavy atom. The fourth-order valence-electron chi connectivity index (χ4n) is 4.41. The van der Waals surface area contributed by atoms with E-state index >= 15 is 0 Å². The molecule has 0 unspecified atom stereocenters. The number of benzene rings is 2. The zero-order chi connectivity index (χ0) is 22.8. The fourth-order valence-corrected chi connectivity index (χ4v) is 4.41. The van der Waals surface area contributed by atoms with Gasteiger partial charge >= 0.3 is 0 Å². The first-order valence-corrected chi connectivity index (χ1v) is 10.8. The quantitative estimate of drug-likeness (QED) is 0.635. The molecule has 0 saturated carbocycles. The SMILES string of the molecule is CCOc1ccc2[nH]c(=O)c([C@@H]3c4cc(OC)c(OC)cc4CCN3C(=O)CC)cc2c1. The minimum Gasteiger partial charge on any atom is -0.494 e. The minimum atomic E-state index is -0.519. The maximum Gasteiger partial charge on any atom is 0.254 e. The molecule has 2 aromatic carbocycles. The lowest BCUT2D eigenvalue weighted by atomic mass is 9.87. The van der Waals surface area contributed by atoms with E-state index in [1.54, 1.807) is 19.1 Å². The molecule has 0 saturated heterocycles. The number of nitrogens with one attached hydrogen (secondary N) is 1. The van der Waals surface area contributed by atoms with Gasteiger partial charge in [-0.1, -0.05) is 6.92 Å². The zero-order valence-electron chi connectivity index (χ0n) is 18.9. The molecule has 1 aliphatic heterocycles. The summed E-state index contributed by atoms with van der Waals surface area (Å²) in [6, 6.07) is 10.7. The molecule has 0 spiro atoms. The molecule has 32 heavy (non-hydrogen) atoms. The molecule has 3 aromatic rings. The maximum absolute atomic E-state index is 13.2. The molecular formula is C25H28N2O5. The predicted molar refractivity (Wildman–Crippen MR) is 123 cm³/mol. The summed E-state index contributed by atoms with van der Waals surface area (Å²) in [4.78, 5) is 30.9. The van der Waals surface area contributed by atoms with Crippen LogP contribution in [0.4, 0.5) is 0 Å². The van der Waals surface area contributed by atoms with Crippen molar-refractivity contribution in [2.24, 2.45) is 0 Å². The Morgan fingerprint density at radius 3 is 2.50 bits per heavy atom. The summed E-state index contributed by atoms with van der Waals surface area (Å²) in [6.07, 6.45) is 1.04. The Morgan fingerprint density at radius 2 is 1.81 bits per heavy atom. The minimum absolute atomic E-state index is 0.00185. The number of ether oxygens (including phenoxy) is 3. The molecule has 1 amide bonds. The molecule has 1 atom stereocenters. The van der Waals surface area contributed by atoms with Gasteiger partial charge in [0.2, 0.25) is 5.91 Å². The van der Waals surface area contributed by atoms with Crippen LogP contribution in [0.1, 0.15) is 43.0 Å². The molecule has 2 heterocycles. The first-order valence-electron chi connectivity index (χ1n) is 10.8. The second-order valence-electron chi connectivity index (χ2n) is 7.74. The molecule has 1 aliphatic rings. The molecule has 4 rings (SSSR count). The van der Waals surface area contributed by atoms with Crippen molar-refractivity contribution in [2.45, 2.75) is 32.7 Å². The molecule has 7 nitrogen and oxygen atoms in total. The second-order valence-corrected chi connectivity index (χ2v) is 7.74. The predicted octanol–water partition coefficient (Wildman–Crippen LogP) is 3.83. The Kier molecular flexibility index (Phi) is 6.08. The number of nitrogens with zero attached hydrogens (tertiary/aromatic N) is 1. The number of hydrogen-bond donors (Lipinski definition) is 1. The molecule has 168 valence electrons. The average molecular weight is 437 g/mol. The van der Waals surface area contributed by atoms with Crippen LogP contribution in [0.25, 0.3) is 10.9 Å². The highest BCUT2D eigenvalue weighted by molar-refractivity contribution is 5.82. The maximum atomic E-state index is 13.2. The van der Waals surface area contributed by atoms with Gasteiger partial charge in [-0.3, -0.25) is 9.59 Å². The Bertz CT molecular complexity index is 1220. The Balaban J connectivity index is 1.94. The number of pyridine rings is 1. The van der Waals surface area contributed by atoms with Crippen LogP contribution in [-0.4, -0.2) is 43.2 Å². The van der Waals surface area contributed by atoms with Gasteiger partial charge in [-0.2, -0.15) is 0 Å². The van der Waals surface area contributed by atoms with Gasteiger partial charge in [-0.15, -0.1) is 0 Å². The van der Waals surface area contributed by atoms with Gasteiger partial charge in [-0.25, -0.2) is 0 Å². The first kappa shape index (κ1) is 21.7. The van der Waals surface area contributed by atoms with E-state index in [0.717, 1.165) is 27.8 Å². The summed E-state index contributed by atoms with van der Waals surface area (Å²) in [6.45, 7) is 4.84. The summed E-state index contributed by atoms with van der Waals surface area (Å²) < 4.78 is 16.6. The van der Waals surface area contributed by atoms with Crippen molar-refractivity contribution >= 4 is 16.8 Å². The van der Waals surface area contributed by atoms with E-state index in [9.17, 15) is 9.59 Å². The highest BCUT2D eigenvalue weighted by Gasteiger charge is 2.34. The van der Waals surface area contributed by atoms with E-state index in [0.29, 0.717) is 43.1 Å². The number of amides is 1. The fraction of sp³-hybridized carbons (Fsp3) is 0.360. The number of carbonyl (C=O) groups is 1. The molecular weight excluding hydrogens is 408 g/mol. The van der Waals surface area contributed by atoms with Crippen LogP contribution >= 0.6 is 0 Å². The van der Waals surface area contributed by atoms with Crippen LogP contribution in [0.5, 0.6) is 17.2 Å². The molecule has 7 heteroatoms. The molecule has 1 N–H and O–H groups in total. The number of carbonyl (C=O) groups excluding carboxylic acids is 1. The summed E-state index contributed by atoms with van der Waals surface area (Å²) in [7, 11) is 3.18. The van der Waals surface area contributed by atoms with Crippen molar-refractivity contribution in [3.63, 3.8) is 0 Å². The third-order valence-corrected chi connectivity index (χ3v) is 5.95. The van der Waals surface area contributed by atoms with Crippen LogP contribution in [0, 0.1) is 0 Å². The summed E-state index contributed by atoms with van der Waals surface area (Å²) >= 11 is 0. The first-order chi connectivity index (χ1) is 15.5. The van der Waals surface area contributed by atoms with E-state index in [4.69, 9.17) is 14.2 Å². The van der Waals surface area contributed by atoms with Crippen LogP contribution in [0.2, 0.25) is 0 Å². The number of H-pyrrole nitrogens is 1. The summed E-state index contributed by atoms with van der Waals surface area (Å²) in [5, 5.41) is 0.849. The summed E-state index contributed by atoms with van der Waals surface area (Å²) in [5.41, 5.74) is 2.93. The highest BCUT2D eigenvalue weighted by Crippen LogP contribution is 2.41. The van der Waals surface area contributed by atoms with Crippen molar-refractivity contribution < 1.29 is 19.0 Å². The summed E-state index contributed by atoms with van der Waals surface area (Å²) in [5.74, 6) is 1.93. The smallest absolute Gasteiger partial charge is 0.254 e. The lowest BCUT2D eigenvalue weighted by molar-refractivity contribution is -0.132. The average Bonchev–Trinajstić information content (AvgIpc) is 2.81. The van der Waals surface area contributed by atoms with Crippen LogP contribution in [0.3, 0.4) is 0 Å². The van der Waals surface area contributed by atoms with Gasteiger partial charge < -0.3 is 24.1 Å². The van der Waals surface area contributed by atoms with Gasteiger partial charge in [0.15, 0.2) is 11.5 Å². The van der Waals surface area contributed by atoms with Crippen molar-refractivity contribution in [3.05, 3.63) is 63.4 Å². The number of fused-ring (bicyclic) bond motifs is 2. The van der Waals surface area contributed by atoms with E-state index < -0.39 is 6.04 Å². The molecule has 1 aromatic heterocycles. The Hall–Kier alpha value is -3.48. The van der Waals surface area contributed by atoms with Gasteiger partial charge in [0.25, 0.3) is 5.56 Å². The third-order valence-electron chi connectivity index (χ3n) is 5.95. The topological polar surface area (TPSA) is 80.9 Å². The van der Waals surface area contributed by atoms with E-state index in [1.807, 2.05) is 50.2 Å². The van der Waals surface area contributed by atoms with E-state index in [2.05, 4.69) is 4.98 Å². The van der Waals surface area contributed by atoms with Gasteiger partial charge in [0.05, 0.1) is 26.9 Å². The number of aromatic nitrogens is 1. The van der Waals surface area contributed by atoms with Gasteiger partial charge in [0, 0.05) is 29.4 Å². The largest absolute Gasteiger partial charge is 0.494 e. The molecule has 0 aliphatic carbocycles. The number of aromatic amines is 1. The lowest BCUT2D eigenvalue weighted by Crippen LogP contribution is -2.42. The highest BCUT2D eigenvalue weighted by atomic mass is 16.5. The van der Waals surface area contributed by atoms with Gasteiger partial charge in [0.1, 0.15) is 5.75 Å². The normalized spacial score (nSPS) is 15.4. The molecule has 0 bridgehead atoms. The number of hydrogen-bond acceptors (Lipinski definition) is 5.